The Morgan fingerprint density at radius 2 is 1.85 bits per heavy atom. The molecule has 1 aliphatic heterocycles. The zero-order valence-corrected chi connectivity index (χ0v) is 15.9. The minimum atomic E-state index is -0.240. The Balaban J connectivity index is 1.61. The largest absolute Gasteiger partial charge is 0.368 e. The van der Waals surface area contributed by atoms with Gasteiger partial charge in [0.1, 0.15) is 11.5 Å². The van der Waals surface area contributed by atoms with Crippen LogP contribution in [-0.2, 0) is 0 Å². The summed E-state index contributed by atoms with van der Waals surface area (Å²) in [6.07, 6.45) is 3.80. The summed E-state index contributed by atoms with van der Waals surface area (Å²) in [5, 5.41) is 0. The van der Waals surface area contributed by atoms with Crippen LogP contribution >= 0.6 is 0 Å². The highest BCUT2D eigenvalue weighted by Gasteiger charge is 2.23. The molecule has 6 nitrogen and oxygen atoms in total. The van der Waals surface area contributed by atoms with Gasteiger partial charge in [-0.3, -0.25) is 4.79 Å². The van der Waals surface area contributed by atoms with Crippen molar-refractivity contribution in [2.45, 2.75) is 19.8 Å². The van der Waals surface area contributed by atoms with Gasteiger partial charge in [-0.1, -0.05) is 13.3 Å². The van der Waals surface area contributed by atoms with E-state index in [4.69, 9.17) is 0 Å². The lowest BCUT2D eigenvalue weighted by Gasteiger charge is -2.36. The first-order valence-corrected chi connectivity index (χ1v) is 9.42. The molecular formula is C20H26FN5O. The fourth-order valence-corrected chi connectivity index (χ4v) is 3.13. The van der Waals surface area contributed by atoms with E-state index in [1.807, 2.05) is 16.8 Å². The molecule has 27 heavy (non-hydrogen) atoms. The average molecular weight is 371 g/mol. The smallest absolute Gasteiger partial charge is 0.272 e. The number of hydrogen-bond acceptors (Lipinski definition) is 5. The topological polar surface area (TPSA) is 52.6 Å². The summed E-state index contributed by atoms with van der Waals surface area (Å²) in [6, 6.07) is 8.14. The van der Waals surface area contributed by atoms with Crippen molar-refractivity contribution in [3.05, 3.63) is 48.0 Å². The highest BCUT2D eigenvalue weighted by atomic mass is 19.1. The van der Waals surface area contributed by atoms with Crippen molar-refractivity contribution in [3.63, 3.8) is 0 Å². The van der Waals surface area contributed by atoms with E-state index in [1.165, 1.54) is 12.1 Å². The van der Waals surface area contributed by atoms with Gasteiger partial charge in [-0.25, -0.2) is 14.4 Å². The van der Waals surface area contributed by atoms with Crippen LogP contribution in [0.25, 0.3) is 0 Å². The molecule has 144 valence electrons. The highest BCUT2D eigenvalue weighted by Crippen LogP contribution is 2.18. The van der Waals surface area contributed by atoms with Crippen LogP contribution in [0.15, 0.2) is 36.5 Å². The van der Waals surface area contributed by atoms with Gasteiger partial charge in [0.25, 0.3) is 5.91 Å². The maximum atomic E-state index is 13.1. The molecule has 7 heteroatoms. The lowest BCUT2D eigenvalue weighted by molar-refractivity contribution is 0.0740. The molecule has 1 aromatic carbocycles. The van der Waals surface area contributed by atoms with Crippen molar-refractivity contribution in [2.75, 3.05) is 49.6 Å². The zero-order valence-electron chi connectivity index (χ0n) is 15.9. The van der Waals surface area contributed by atoms with Crippen LogP contribution in [0.5, 0.6) is 0 Å². The van der Waals surface area contributed by atoms with Gasteiger partial charge in [0.15, 0.2) is 0 Å². The van der Waals surface area contributed by atoms with E-state index < -0.39 is 0 Å². The molecule has 0 radical (unpaired) electrons. The summed E-state index contributed by atoms with van der Waals surface area (Å²) in [4.78, 5) is 27.5. The lowest BCUT2D eigenvalue weighted by atomic mass is 10.2. The number of carbonyl (C=O) groups is 1. The number of hydrogen-bond donors (Lipinski definition) is 0. The Morgan fingerprint density at radius 1 is 1.15 bits per heavy atom. The molecule has 2 heterocycles. The third-order valence-corrected chi connectivity index (χ3v) is 4.81. The minimum Gasteiger partial charge on any atom is -0.368 e. The van der Waals surface area contributed by atoms with Crippen LogP contribution < -0.4 is 9.80 Å². The SMILES string of the molecule is CCCCN(C)c1nccc(C(=O)N2CCN(c3ccc(F)cc3)CC2)n1. The molecule has 1 aromatic heterocycles. The highest BCUT2D eigenvalue weighted by molar-refractivity contribution is 5.92. The Morgan fingerprint density at radius 3 is 2.52 bits per heavy atom. The van der Waals surface area contributed by atoms with E-state index >= 15 is 0 Å². The molecule has 1 fully saturated rings. The predicted octanol–water partition coefficient (Wildman–Crippen LogP) is 2.81. The van der Waals surface area contributed by atoms with E-state index in [0.29, 0.717) is 37.8 Å². The Kier molecular flexibility index (Phi) is 6.21. The number of piperazine rings is 1. The van der Waals surface area contributed by atoms with Crippen molar-refractivity contribution in [3.8, 4) is 0 Å². The Bertz CT molecular complexity index is 759. The number of rotatable bonds is 6. The summed E-state index contributed by atoms with van der Waals surface area (Å²) in [6.45, 7) is 5.66. The van der Waals surface area contributed by atoms with Gasteiger partial charge in [-0.15, -0.1) is 0 Å². The molecular weight excluding hydrogens is 345 g/mol. The van der Waals surface area contributed by atoms with Gasteiger partial charge in [0.05, 0.1) is 0 Å². The predicted molar refractivity (Wildman–Crippen MR) is 105 cm³/mol. The molecule has 1 saturated heterocycles. The number of carbonyl (C=O) groups excluding carboxylic acids is 1. The van der Waals surface area contributed by atoms with Crippen LogP contribution in [0.4, 0.5) is 16.0 Å². The van der Waals surface area contributed by atoms with Crippen LogP contribution in [0.3, 0.4) is 0 Å². The Hall–Kier alpha value is -2.70. The van der Waals surface area contributed by atoms with E-state index in [1.54, 1.807) is 24.4 Å². The monoisotopic (exact) mass is 371 g/mol. The van der Waals surface area contributed by atoms with Crippen molar-refractivity contribution in [2.24, 2.45) is 0 Å². The first-order valence-electron chi connectivity index (χ1n) is 9.42. The van der Waals surface area contributed by atoms with Gasteiger partial charge in [-0.05, 0) is 36.8 Å². The summed E-state index contributed by atoms with van der Waals surface area (Å²) >= 11 is 0. The fourth-order valence-electron chi connectivity index (χ4n) is 3.13. The molecule has 1 aliphatic rings. The first kappa shape index (κ1) is 19.1. The van der Waals surface area contributed by atoms with E-state index in [9.17, 15) is 9.18 Å². The summed E-state index contributed by atoms with van der Waals surface area (Å²) in [5.74, 6) is 0.275. The number of aromatic nitrogens is 2. The second kappa shape index (κ2) is 8.79. The number of amides is 1. The molecule has 0 aliphatic carbocycles. The lowest BCUT2D eigenvalue weighted by Crippen LogP contribution is -2.49. The van der Waals surface area contributed by atoms with Crippen molar-refractivity contribution < 1.29 is 9.18 Å². The van der Waals surface area contributed by atoms with Crippen molar-refractivity contribution in [1.82, 2.24) is 14.9 Å². The van der Waals surface area contributed by atoms with E-state index in [0.717, 1.165) is 25.1 Å². The molecule has 0 unspecified atom stereocenters. The van der Waals surface area contributed by atoms with Crippen molar-refractivity contribution >= 4 is 17.5 Å². The second-order valence-electron chi connectivity index (χ2n) is 6.77. The number of benzene rings is 1. The normalized spacial score (nSPS) is 14.3. The van der Waals surface area contributed by atoms with E-state index in [-0.39, 0.29) is 11.7 Å². The molecule has 0 atom stereocenters. The maximum absolute atomic E-state index is 13.1. The maximum Gasteiger partial charge on any atom is 0.272 e. The molecule has 3 rings (SSSR count). The fraction of sp³-hybridized carbons (Fsp3) is 0.450. The molecule has 0 N–H and O–H groups in total. The van der Waals surface area contributed by atoms with Gasteiger partial charge < -0.3 is 14.7 Å². The summed E-state index contributed by atoms with van der Waals surface area (Å²) in [7, 11) is 1.95. The number of anilines is 2. The van der Waals surface area contributed by atoms with E-state index in [2.05, 4.69) is 21.8 Å². The first-order chi connectivity index (χ1) is 13.1. The Labute approximate surface area is 159 Å². The van der Waals surface area contributed by atoms with Crippen molar-refractivity contribution in [1.29, 1.82) is 0 Å². The summed E-state index contributed by atoms with van der Waals surface area (Å²) < 4.78 is 13.1. The number of unbranched alkanes of at least 4 members (excludes halogenated alkanes) is 1. The zero-order chi connectivity index (χ0) is 19.2. The van der Waals surface area contributed by atoms with Crippen LogP contribution in [0.1, 0.15) is 30.3 Å². The number of halogens is 1. The molecule has 2 aromatic rings. The third-order valence-electron chi connectivity index (χ3n) is 4.81. The minimum absolute atomic E-state index is 0.0682. The van der Waals surface area contributed by atoms with Crippen LogP contribution in [0, 0.1) is 5.82 Å². The van der Waals surface area contributed by atoms with Gasteiger partial charge in [0.2, 0.25) is 5.95 Å². The molecule has 0 saturated carbocycles. The summed E-state index contributed by atoms with van der Waals surface area (Å²) in [5.41, 5.74) is 1.41. The van der Waals surface area contributed by atoms with Gasteiger partial charge in [0, 0.05) is 51.7 Å². The van der Waals surface area contributed by atoms with Gasteiger partial charge >= 0.3 is 0 Å². The van der Waals surface area contributed by atoms with Crippen LogP contribution in [0.2, 0.25) is 0 Å². The third kappa shape index (κ3) is 4.72. The number of nitrogens with zero attached hydrogens (tertiary/aromatic N) is 5. The molecule has 0 spiro atoms. The van der Waals surface area contributed by atoms with Crippen LogP contribution in [-0.4, -0.2) is 60.5 Å². The second-order valence-corrected chi connectivity index (χ2v) is 6.77. The molecule has 1 amide bonds. The van der Waals surface area contributed by atoms with Gasteiger partial charge in [-0.2, -0.15) is 0 Å². The standard InChI is InChI=1S/C20H26FN5O/c1-3-4-11-24(2)20-22-10-9-18(23-20)19(27)26-14-12-25(13-15-26)17-7-5-16(21)6-8-17/h5-10H,3-4,11-15H2,1-2H3. The molecule has 0 bridgehead atoms. The average Bonchev–Trinajstić information content (AvgIpc) is 2.72. The quantitative estimate of drug-likeness (QED) is 0.782.